The second-order valence-electron chi connectivity index (χ2n) is 9.77. The zero-order valence-corrected chi connectivity index (χ0v) is 19.0. The fourth-order valence-corrected chi connectivity index (χ4v) is 5.62. The van der Waals surface area contributed by atoms with E-state index in [-0.39, 0.29) is 11.9 Å². The molecule has 166 valence electrons. The minimum atomic E-state index is 0.0618. The van der Waals surface area contributed by atoms with Crippen LogP contribution in [0.2, 0.25) is 0 Å². The van der Waals surface area contributed by atoms with Crippen LogP contribution in [0.4, 0.5) is 0 Å². The van der Waals surface area contributed by atoms with Gasteiger partial charge in [-0.25, -0.2) is 0 Å². The molecule has 0 saturated carbocycles. The molecule has 1 N–H and O–H groups in total. The molecule has 0 radical (unpaired) electrons. The van der Waals surface area contributed by atoms with Crippen molar-refractivity contribution in [3.05, 3.63) is 34.9 Å². The molecule has 2 heterocycles. The largest absolute Gasteiger partial charge is 0.373 e. The fourth-order valence-electron chi connectivity index (χ4n) is 5.62. The van der Waals surface area contributed by atoms with Gasteiger partial charge in [0.2, 0.25) is 5.91 Å². The number of likely N-dealkylation sites (tertiary alicyclic amines) is 1. The highest BCUT2D eigenvalue weighted by Crippen LogP contribution is 2.25. The molecule has 3 aliphatic rings. The summed E-state index contributed by atoms with van der Waals surface area (Å²) in [6.07, 6.45) is 7.94. The lowest BCUT2D eigenvalue weighted by molar-refractivity contribution is -0.123. The summed E-state index contributed by atoms with van der Waals surface area (Å²) in [4.78, 5) is 17.7. The minimum absolute atomic E-state index is 0.0618. The van der Waals surface area contributed by atoms with Crippen LogP contribution < -0.4 is 5.32 Å². The van der Waals surface area contributed by atoms with Crippen molar-refractivity contribution in [3.8, 4) is 0 Å². The quantitative estimate of drug-likeness (QED) is 0.777. The number of nitrogens with one attached hydrogen (secondary N) is 1. The Hall–Kier alpha value is -1.43. The molecule has 0 spiro atoms. The smallest absolute Gasteiger partial charge is 0.234 e. The maximum atomic E-state index is 12.8. The first-order chi connectivity index (χ1) is 14.5. The predicted molar refractivity (Wildman–Crippen MR) is 121 cm³/mol. The zero-order chi connectivity index (χ0) is 21.1. The number of aryl methyl sites for hydroxylation is 2. The van der Waals surface area contributed by atoms with E-state index in [9.17, 15) is 4.79 Å². The average molecular weight is 414 g/mol. The van der Waals surface area contributed by atoms with Crippen LogP contribution in [-0.2, 0) is 22.4 Å². The lowest BCUT2D eigenvalue weighted by Crippen LogP contribution is -2.51. The molecule has 4 rings (SSSR count). The van der Waals surface area contributed by atoms with Crippen LogP contribution in [0.15, 0.2) is 18.2 Å². The lowest BCUT2D eigenvalue weighted by atomic mass is 9.89. The number of benzene rings is 1. The summed E-state index contributed by atoms with van der Waals surface area (Å²) in [5.41, 5.74) is 4.21. The highest BCUT2D eigenvalue weighted by Gasteiger charge is 2.31. The lowest BCUT2D eigenvalue weighted by Gasteiger charge is -2.38. The third kappa shape index (κ3) is 5.43. The third-order valence-corrected chi connectivity index (χ3v) is 7.06. The normalized spacial score (nSPS) is 28.8. The van der Waals surface area contributed by atoms with E-state index in [1.54, 1.807) is 0 Å². The molecule has 5 nitrogen and oxygen atoms in total. The van der Waals surface area contributed by atoms with Crippen molar-refractivity contribution in [2.75, 3.05) is 32.7 Å². The van der Waals surface area contributed by atoms with E-state index in [0.717, 1.165) is 26.2 Å². The van der Waals surface area contributed by atoms with Gasteiger partial charge in [-0.05, 0) is 82.5 Å². The van der Waals surface area contributed by atoms with Crippen LogP contribution >= 0.6 is 0 Å². The van der Waals surface area contributed by atoms with Crippen molar-refractivity contribution < 1.29 is 9.53 Å². The Morgan fingerprint density at radius 1 is 1.13 bits per heavy atom. The molecular formula is C25H39N3O2. The molecular weight excluding hydrogens is 374 g/mol. The molecule has 2 aliphatic heterocycles. The fraction of sp³-hybridized carbons (Fsp3) is 0.720. The van der Waals surface area contributed by atoms with E-state index in [1.807, 2.05) is 0 Å². The highest BCUT2D eigenvalue weighted by atomic mass is 16.5. The Kier molecular flexibility index (Phi) is 7.12. The van der Waals surface area contributed by atoms with E-state index in [0.29, 0.717) is 24.8 Å². The van der Waals surface area contributed by atoms with Crippen molar-refractivity contribution in [1.29, 1.82) is 0 Å². The van der Waals surface area contributed by atoms with Gasteiger partial charge in [-0.3, -0.25) is 14.6 Å². The number of hydrogen-bond acceptors (Lipinski definition) is 4. The molecule has 0 aromatic heterocycles. The van der Waals surface area contributed by atoms with Gasteiger partial charge in [0.15, 0.2) is 0 Å². The summed E-state index contributed by atoms with van der Waals surface area (Å²) < 4.78 is 5.87. The van der Waals surface area contributed by atoms with Crippen molar-refractivity contribution in [1.82, 2.24) is 15.1 Å². The molecule has 0 bridgehead atoms. The van der Waals surface area contributed by atoms with Crippen LogP contribution in [0, 0.1) is 0 Å². The van der Waals surface area contributed by atoms with Crippen LogP contribution in [0.5, 0.6) is 0 Å². The second kappa shape index (κ2) is 9.80. The molecule has 1 amide bonds. The van der Waals surface area contributed by atoms with Crippen LogP contribution in [0.25, 0.3) is 0 Å². The SMILES string of the molecule is C[C@@H]1CN(C[C@@H]2CCCN2CC(=O)N[C@@H](C)c2ccc3c(c2)CCCC3)C[C@@H](C)O1. The Labute approximate surface area is 182 Å². The Bertz CT molecular complexity index is 727. The summed E-state index contributed by atoms with van der Waals surface area (Å²) >= 11 is 0. The van der Waals surface area contributed by atoms with Crippen LogP contribution in [-0.4, -0.2) is 66.7 Å². The number of morpholine rings is 1. The minimum Gasteiger partial charge on any atom is -0.373 e. The number of carbonyl (C=O) groups is 1. The molecule has 2 fully saturated rings. The van der Waals surface area contributed by atoms with E-state index < -0.39 is 0 Å². The van der Waals surface area contributed by atoms with Gasteiger partial charge in [0.05, 0.1) is 24.8 Å². The summed E-state index contributed by atoms with van der Waals surface area (Å²) in [5.74, 6) is 0.149. The summed E-state index contributed by atoms with van der Waals surface area (Å²) in [6, 6.07) is 7.33. The predicted octanol–water partition coefficient (Wildman–Crippen LogP) is 3.32. The van der Waals surface area contributed by atoms with E-state index in [4.69, 9.17) is 4.74 Å². The molecule has 30 heavy (non-hydrogen) atoms. The topological polar surface area (TPSA) is 44.8 Å². The van der Waals surface area contributed by atoms with E-state index >= 15 is 0 Å². The van der Waals surface area contributed by atoms with Crippen molar-refractivity contribution in [2.45, 2.75) is 83.6 Å². The Morgan fingerprint density at radius 2 is 1.87 bits per heavy atom. The average Bonchev–Trinajstić information content (AvgIpc) is 3.13. The molecule has 1 aromatic rings. The highest BCUT2D eigenvalue weighted by molar-refractivity contribution is 5.78. The number of amides is 1. The van der Waals surface area contributed by atoms with E-state index in [1.165, 1.54) is 55.2 Å². The number of rotatable bonds is 6. The van der Waals surface area contributed by atoms with Crippen molar-refractivity contribution >= 4 is 5.91 Å². The van der Waals surface area contributed by atoms with Gasteiger partial charge in [-0.2, -0.15) is 0 Å². The standard InChI is InChI=1S/C25H39N3O2/c1-18-14-27(15-19(2)30-18)16-24-9-6-12-28(24)17-25(29)26-20(3)22-11-10-21-7-4-5-8-23(21)13-22/h10-11,13,18-20,24H,4-9,12,14-17H2,1-3H3,(H,26,29)/t18-,19-,20+,24+/m1/s1. The third-order valence-electron chi connectivity index (χ3n) is 7.06. The van der Waals surface area contributed by atoms with Gasteiger partial charge in [-0.1, -0.05) is 18.2 Å². The summed E-state index contributed by atoms with van der Waals surface area (Å²) in [7, 11) is 0. The van der Waals surface area contributed by atoms with E-state index in [2.05, 4.69) is 54.1 Å². The van der Waals surface area contributed by atoms with Gasteiger partial charge in [0, 0.05) is 25.7 Å². The number of carbonyl (C=O) groups excluding carboxylic acids is 1. The second-order valence-corrected chi connectivity index (χ2v) is 9.77. The maximum absolute atomic E-state index is 12.8. The molecule has 1 aromatic carbocycles. The number of hydrogen-bond donors (Lipinski definition) is 1. The number of nitrogens with zero attached hydrogens (tertiary/aromatic N) is 2. The van der Waals surface area contributed by atoms with Crippen LogP contribution in [0.3, 0.4) is 0 Å². The first-order valence-electron chi connectivity index (χ1n) is 12.0. The van der Waals surface area contributed by atoms with Gasteiger partial charge in [0.25, 0.3) is 0 Å². The molecule has 2 saturated heterocycles. The number of fused-ring (bicyclic) bond motifs is 1. The first kappa shape index (κ1) is 21.8. The maximum Gasteiger partial charge on any atom is 0.234 e. The van der Waals surface area contributed by atoms with Gasteiger partial charge < -0.3 is 10.1 Å². The Morgan fingerprint density at radius 3 is 2.63 bits per heavy atom. The molecule has 4 atom stereocenters. The van der Waals surface area contributed by atoms with Gasteiger partial charge in [0.1, 0.15) is 0 Å². The number of ether oxygens (including phenoxy) is 1. The summed E-state index contributed by atoms with van der Waals surface area (Å²) in [5, 5.41) is 3.25. The van der Waals surface area contributed by atoms with Crippen molar-refractivity contribution in [3.63, 3.8) is 0 Å². The molecule has 1 aliphatic carbocycles. The van der Waals surface area contributed by atoms with Gasteiger partial charge >= 0.3 is 0 Å². The monoisotopic (exact) mass is 413 g/mol. The van der Waals surface area contributed by atoms with Gasteiger partial charge in [-0.15, -0.1) is 0 Å². The summed E-state index contributed by atoms with van der Waals surface area (Å²) in [6.45, 7) is 11.0. The zero-order valence-electron chi connectivity index (χ0n) is 19.0. The van der Waals surface area contributed by atoms with Crippen LogP contribution in [0.1, 0.15) is 69.2 Å². The Balaban J connectivity index is 1.29. The first-order valence-corrected chi connectivity index (χ1v) is 12.0. The molecule has 5 heteroatoms. The molecule has 0 unspecified atom stereocenters. The van der Waals surface area contributed by atoms with Crippen molar-refractivity contribution in [2.24, 2.45) is 0 Å².